The van der Waals surface area contributed by atoms with E-state index in [2.05, 4.69) is 19.2 Å². The summed E-state index contributed by atoms with van der Waals surface area (Å²) < 4.78 is 10.8. The lowest BCUT2D eigenvalue weighted by molar-refractivity contribution is -0.140. The fourth-order valence-electron chi connectivity index (χ4n) is 2.42. The van der Waals surface area contributed by atoms with Crippen LogP contribution in [-0.4, -0.2) is 36.8 Å². The van der Waals surface area contributed by atoms with Gasteiger partial charge in [0.2, 0.25) is 5.91 Å². The summed E-state index contributed by atoms with van der Waals surface area (Å²) in [7, 11) is 1.54. The van der Waals surface area contributed by atoms with E-state index >= 15 is 0 Å². The molecule has 1 amide bonds. The monoisotopic (exact) mass is 351 g/mol. The lowest BCUT2D eigenvalue weighted by Gasteiger charge is -2.31. The number of hydrogen-bond acceptors (Lipinski definition) is 4. The van der Waals surface area contributed by atoms with Crippen molar-refractivity contribution in [2.24, 2.45) is 5.92 Å². The molecule has 25 heavy (non-hydrogen) atoms. The average molecular weight is 351 g/mol. The summed E-state index contributed by atoms with van der Waals surface area (Å²) >= 11 is 0. The van der Waals surface area contributed by atoms with E-state index in [1.165, 1.54) is 7.11 Å². The topological polar surface area (TPSA) is 84.9 Å². The molecule has 6 nitrogen and oxygen atoms in total. The highest BCUT2D eigenvalue weighted by molar-refractivity contribution is 5.82. The van der Waals surface area contributed by atoms with Crippen LogP contribution in [0.1, 0.15) is 46.1 Å². The number of ether oxygens (including phenoxy) is 2. The first-order valence-corrected chi connectivity index (χ1v) is 8.48. The minimum atomic E-state index is -1.06. The van der Waals surface area contributed by atoms with E-state index in [0.717, 1.165) is 6.42 Å². The number of carboxylic acids is 1. The molecular formula is C19H29NO5. The van der Waals surface area contributed by atoms with Gasteiger partial charge >= 0.3 is 5.97 Å². The van der Waals surface area contributed by atoms with Gasteiger partial charge in [0.1, 0.15) is 11.9 Å². The van der Waals surface area contributed by atoms with Gasteiger partial charge in [0, 0.05) is 6.61 Å². The molecule has 0 spiro atoms. The van der Waals surface area contributed by atoms with Crippen molar-refractivity contribution >= 4 is 11.9 Å². The zero-order valence-electron chi connectivity index (χ0n) is 15.7. The van der Waals surface area contributed by atoms with Gasteiger partial charge in [-0.15, -0.1) is 0 Å². The van der Waals surface area contributed by atoms with Gasteiger partial charge < -0.3 is 19.9 Å². The maximum absolute atomic E-state index is 12.5. The highest BCUT2D eigenvalue weighted by atomic mass is 16.5. The van der Waals surface area contributed by atoms with Crippen LogP contribution < -0.4 is 10.1 Å². The number of rotatable bonds is 10. The van der Waals surface area contributed by atoms with Gasteiger partial charge in [-0.25, -0.2) is 0 Å². The van der Waals surface area contributed by atoms with Crippen molar-refractivity contribution in [1.29, 1.82) is 0 Å². The van der Waals surface area contributed by atoms with Gasteiger partial charge in [-0.1, -0.05) is 26.0 Å². The molecule has 1 aromatic rings. The summed E-state index contributed by atoms with van der Waals surface area (Å²) in [6, 6.07) is 7.04. The molecule has 1 aromatic carbocycles. The zero-order valence-corrected chi connectivity index (χ0v) is 15.7. The highest BCUT2D eigenvalue weighted by Gasteiger charge is 2.33. The van der Waals surface area contributed by atoms with Crippen molar-refractivity contribution in [3.8, 4) is 5.75 Å². The SMILES string of the molecule is COc1cccc(C(C)(CC(=O)O)NC(=O)C(C)OCCC(C)C)c1. The minimum Gasteiger partial charge on any atom is -0.497 e. The first-order chi connectivity index (χ1) is 11.7. The molecule has 140 valence electrons. The Morgan fingerprint density at radius 1 is 1.28 bits per heavy atom. The smallest absolute Gasteiger partial charge is 0.306 e. The van der Waals surface area contributed by atoms with Crippen LogP contribution >= 0.6 is 0 Å². The first-order valence-electron chi connectivity index (χ1n) is 8.48. The van der Waals surface area contributed by atoms with Crippen LogP contribution in [0.4, 0.5) is 0 Å². The lowest BCUT2D eigenvalue weighted by Crippen LogP contribution is -2.49. The molecule has 1 rings (SSSR count). The van der Waals surface area contributed by atoms with E-state index in [0.29, 0.717) is 23.8 Å². The zero-order chi connectivity index (χ0) is 19.0. The Kier molecular flexibility index (Phi) is 7.90. The number of carbonyl (C=O) groups is 2. The van der Waals surface area contributed by atoms with Crippen molar-refractivity contribution < 1.29 is 24.2 Å². The minimum absolute atomic E-state index is 0.245. The number of amides is 1. The number of hydrogen-bond donors (Lipinski definition) is 2. The largest absolute Gasteiger partial charge is 0.497 e. The van der Waals surface area contributed by atoms with Gasteiger partial charge in [-0.3, -0.25) is 9.59 Å². The Balaban J connectivity index is 2.90. The maximum atomic E-state index is 12.5. The number of nitrogens with one attached hydrogen (secondary N) is 1. The van der Waals surface area contributed by atoms with Crippen LogP contribution in [0.25, 0.3) is 0 Å². The number of carbonyl (C=O) groups excluding carboxylic acids is 1. The molecule has 0 saturated heterocycles. The normalized spacial score (nSPS) is 14.6. The molecule has 0 saturated carbocycles. The summed E-state index contributed by atoms with van der Waals surface area (Å²) in [4.78, 5) is 23.8. The summed E-state index contributed by atoms with van der Waals surface area (Å²) in [5.74, 6) is -0.247. The van der Waals surface area contributed by atoms with E-state index in [1.54, 1.807) is 38.1 Å². The van der Waals surface area contributed by atoms with Crippen molar-refractivity contribution in [2.45, 2.75) is 52.2 Å². The standard InChI is InChI=1S/C19H29NO5/c1-13(2)9-10-25-14(3)18(23)20-19(4,12-17(21)22)15-7-6-8-16(11-15)24-5/h6-8,11,13-14H,9-10,12H2,1-5H3,(H,20,23)(H,21,22). The molecule has 0 radical (unpaired) electrons. The lowest BCUT2D eigenvalue weighted by atomic mass is 9.88. The molecule has 0 fully saturated rings. The third-order valence-electron chi connectivity index (χ3n) is 4.04. The maximum Gasteiger partial charge on any atom is 0.306 e. The third-order valence-corrected chi connectivity index (χ3v) is 4.04. The molecule has 0 aliphatic carbocycles. The summed E-state index contributed by atoms with van der Waals surface area (Å²) in [5, 5.41) is 12.1. The van der Waals surface area contributed by atoms with Crippen molar-refractivity contribution in [1.82, 2.24) is 5.32 Å². The van der Waals surface area contributed by atoms with Crippen LogP contribution in [0.2, 0.25) is 0 Å². The van der Waals surface area contributed by atoms with Gasteiger partial charge in [0.15, 0.2) is 0 Å². The molecule has 2 atom stereocenters. The van der Waals surface area contributed by atoms with Gasteiger partial charge in [0.25, 0.3) is 0 Å². The highest BCUT2D eigenvalue weighted by Crippen LogP contribution is 2.28. The molecule has 0 aromatic heterocycles. The summed E-state index contributed by atoms with van der Waals surface area (Å²) in [5.41, 5.74) is -0.399. The van der Waals surface area contributed by atoms with Crippen molar-refractivity contribution in [3.05, 3.63) is 29.8 Å². The molecule has 0 bridgehead atoms. The molecule has 0 aliphatic heterocycles. The van der Waals surface area contributed by atoms with Crippen LogP contribution in [0, 0.1) is 5.92 Å². The predicted molar refractivity (Wildman–Crippen MR) is 95.6 cm³/mol. The second kappa shape index (κ2) is 9.42. The fraction of sp³-hybridized carbons (Fsp3) is 0.579. The molecule has 2 unspecified atom stereocenters. The number of methoxy groups -OCH3 is 1. The number of aliphatic carboxylic acids is 1. The van der Waals surface area contributed by atoms with Gasteiger partial charge in [-0.2, -0.15) is 0 Å². The Bertz CT molecular complexity index is 587. The fourth-order valence-corrected chi connectivity index (χ4v) is 2.42. The van der Waals surface area contributed by atoms with E-state index < -0.39 is 17.6 Å². The molecular weight excluding hydrogens is 322 g/mol. The molecule has 2 N–H and O–H groups in total. The Labute approximate surface area is 149 Å². The summed E-state index contributed by atoms with van der Waals surface area (Å²) in [6.45, 7) is 8.01. The first kappa shape index (κ1) is 21.0. The van der Waals surface area contributed by atoms with Gasteiger partial charge in [-0.05, 0) is 43.9 Å². The average Bonchev–Trinajstić information content (AvgIpc) is 2.53. The number of benzene rings is 1. The third kappa shape index (κ3) is 6.74. The van der Waals surface area contributed by atoms with E-state index in [1.807, 2.05) is 0 Å². The quantitative estimate of drug-likeness (QED) is 0.677. The molecule has 0 aliphatic rings. The van der Waals surface area contributed by atoms with Crippen LogP contribution in [0.5, 0.6) is 5.75 Å². The number of carboxylic acid groups (broad SMARTS) is 1. The van der Waals surface area contributed by atoms with E-state index in [4.69, 9.17) is 9.47 Å². The van der Waals surface area contributed by atoms with Crippen LogP contribution in [0.15, 0.2) is 24.3 Å². The summed E-state index contributed by atoms with van der Waals surface area (Å²) in [6.07, 6.45) is -0.0395. The van der Waals surface area contributed by atoms with Gasteiger partial charge in [0.05, 0.1) is 19.1 Å². The Hall–Kier alpha value is -2.08. The predicted octanol–water partition coefficient (Wildman–Crippen LogP) is 2.95. The van der Waals surface area contributed by atoms with Crippen molar-refractivity contribution in [2.75, 3.05) is 13.7 Å². The van der Waals surface area contributed by atoms with Crippen LogP contribution in [-0.2, 0) is 19.9 Å². The second-order valence-electron chi connectivity index (χ2n) is 6.82. The molecule has 0 heterocycles. The van der Waals surface area contributed by atoms with Crippen molar-refractivity contribution in [3.63, 3.8) is 0 Å². The van der Waals surface area contributed by atoms with E-state index in [-0.39, 0.29) is 12.3 Å². The van der Waals surface area contributed by atoms with Crippen LogP contribution in [0.3, 0.4) is 0 Å². The molecule has 6 heteroatoms. The Morgan fingerprint density at radius 3 is 2.52 bits per heavy atom. The second-order valence-corrected chi connectivity index (χ2v) is 6.82. The Morgan fingerprint density at radius 2 is 1.96 bits per heavy atom. The van der Waals surface area contributed by atoms with E-state index in [9.17, 15) is 14.7 Å².